The molecular formula is C21H17FN6O. The van der Waals surface area contributed by atoms with Gasteiger partial charge in [0.2, 0.25) is 0 Å². The summed E-state index contributed by atoms with van der Waals surface area (Å²) >= 11 is 0. The van der Waals surface area contributed by atoms with E-state index in [-0.39, 0.29) is 11.7 Å². The lowest BCUT2D eigenvalue weighted by atomic mass is 10.1. The highest BCUT2D eigenvalue weighted by Gasteiger charge is 2.18. The number of hydrogen-bond acceptors (Lipinski definition) is 5. The van der Waals surface area contributed by atoms with Crippen LogP contribution in [0, 0.1) is 5.82 Å². The summed E-state index contributed by atoms with van der Waals surface area (Å²) in [7, 11) is 0. The number of benzene rings is 1. The van der Waals surface area contributed by atoms with Gasteiger partial charge in [0.05, 0.1) is 11.9 Å². The molecule has 29 heavy (non-hydrogen) atoms. The SMILES string of the molecule is O=C(Nc1cnc2ccc(-c3ccccc3F)nn12)c1cccc(N2CCC2)n1. The van der Waals surface area contributed by atoms with E-state index >= 15 is 0 Å². The maximum Gasteiger partial charge on any atom is 0.275 e. The van der Waals surface area contributed by atoms with Crippen molar-refractivity contribution in [1.82, 2.24) is 19.6 Å². The molecule has 5 rings (SSSR count). The number of hydrogen-bond donors (Lipinski definition) is 1. The van der Waals surface area contributed by atoms with Gasteiger partial charge in [-0.3, -0.25) is 4.79 Å². The molecule has 8 heteroatoms. The Morgan fingerprint density at radius 3 is 2.69 bits per heavy atom. The Morgan fingerprint density at radius 1 is 1.03 bits per heavy atom. The van der Waals surface area contributed by atoms with Crippen molar-refractivity contribution in [3.8, 4) is 11.3 Å². The molecule has 0 bridgehead atoms. The lowest BCUT2D eigenvalue weighted by molar-refractivity contribution is 0.102. The van der Waals surface area contributed by atoms with Crippen molar-refractivity contribution in [2.75, 3.05) is 23.3 Å². The molecule has 7 nitrogen and oxygen atoms in total. The van der Waals surface area contributed by atoms with Gasteiger partial charge in [0.1, 0.15) is 17.3 Å². The number of imidazole rings is 1. The van der Waals surface area contributed by atoms with Crippen molar-refractivity contribution in [2.45, 2.75) is 6.42 Å². The summed E-state index contributed by atoms with van der Waals surface area (Å²) in [6, 6.07) is 15.2. The van der Waals surface area contributed by atoms with Gasteiger partial charge in [0.25, 0.3) is 5.91 Å². The lowest BCUT2D eigenvalue weighted by Gasteiger charge is -2.32. The van der Waals surface area contributed by atoms with Crippen LogP contribution in [-0.4, -0.2) is 38.6 Å². The molecule has 0 aliphatic carbocycles. The first-order valence-corrected chi connectivity index (χ1v) is 9.32. The van der Waals surface area contributed by atoms with Crippen molar-refractivity contribution >= 4 is 23.2 Å². The highest BCUT2D eigenvalue weighted by Crippen LogP contribution is 2.22. The quantitative estimate of drug-likeness (QED) is 0.580. The minimum Gasteiger partial charge on any atom is -0.356 e. The zero-order valence-corrected chi connectivity index (χ0v) is 15.4. The van der Waals surface area contributed by atoms with Crippen LogP contribution in [0.2, 0.25) is 0 Å². The number of halogens is 1. The fraction of sp³-hybridized carbons (Fsp3) is 0.143. The normalized spacial score (nSPS) is 13.3. The number of amides is 1. The molecule has 1 amide bonds. The molecule has 144 valence electrons. The van der Waals surface area contributed by atoms with Crippen LogP contribution in [0.1, 0.15) is 16.9 Å². The van der Waals surface area contributed by atoms with Crippen molar-refractivity contribution in [3.05, 3.63) is 72.3 Å². The van der Waals surface area contributed by atoms with Gasteiger partial charge in [-0.25, -0.2) is 14.4 Å². The van der Waals surface area contributed by atoms with Gasteiger partial charge in [0.15, 0.2) is 11.5 Å². The molecule has 0 atom stereocenters. The highest BCUT2D eigenvalue weighted by molar-refractivity contribution is 6.02. The van der Waals surface area contributed by atoms with Crippen LogP contribution >= 0.6 is 0 Å². The number of aromatic nitrogens is 4. The predicted octanol–water partition coefficient (Wildman–Crippen LogP) is 3.39. The number of pyridine rings is 1. The molecule has 0 spiro atoms. The Labute approximate surface area is 165 Å². The van der Waals surface area contributed by atoms with Gasteiger partial charge in [-0.05, 0) is 42.8 Å². The molecule has 0 radical (unpaired) electrons. The molecule has 0 saturated carbocycles. The Morgan fingerprint density at radius 2 is 1.90 bits per heavy atom. The Balaban J connectivity index is 1.45. The number of anilines is 2. The molecule has 1 aliphatic rings. The van der Waals surface area contributed by atoms with Crippen LogP contribution in [0.4, 0.5) is 16.0 Å². The number of carbonyl (C=O) groups is 1. The van der Waals surface area contributed by atoms with Crippen LogP contribution in [0.5, 0.6) is 0 Å². The third-order valence-electron chi connectivity index (χ3n) is 4.90. The monoisotopic (exact) mass is 388 g/mol. The summed E-state index contributed by atoms with van der Waals surface area (Å²) in [5.74, 6) is 0.464. The summed E-state index contributed by atoms with van der Waals surface area (Å²) in [5.41, 5.74) is 1.68. The minimum atomic E-state index is -0.364. The lowest BCUT2D eigenvalue weighted by Crippen LogP contribution is -2.37. The van der Waals surface area contributed by atoms with E-state index in [1.165, 1.54) is 16.8 Å². The standard InChI is InChI=1S/C21H17FN6O/c22-15-6-2-1-5-14(15)16-9-10-18-23-13-20(28(18)26-16)25-21(29)17-7-3-8-19(24-17)27-11-4-12-27/h1-3,5-10,13H,4,11-12H2,(H,25,29). The molecular weight excluding hydrogens is 371 g/mol. The van der Waals surface area contributed by atoms with E-state index in [0.717, 1.165) is 25.3 Å². The van der Waals surface area contributed by atoms with Crippen LogP contribution in [0.25, 0.3) is 16.9 Å². The van der Waals surface area contributed by atoms with Crippen LogP contribution in [0.3, 0.4) is 0 Å². The molecule has 1 aliphatic heterocycles. The number of nitrogens with one attached hydrogen (secondary N) is 1. The highest BCUT2D eigenvalue weighted by atomic mass is 19.1. The Bertz CT molecular complexity index is 1220. The summed E-state index contributed by atoms with van der Waals surface area (Å²) in [6.45, 7) is 1.90. The maximum absolute atomic E-state index is 14.1. The molecule has 1 aromatic carbocycles. The Kier molecular flexibility index (Phi) is 4.16. The van der Waals surface area contributed by atoms with Crippen molar-refractivity contribution in [3.63, 3.8) is 0 Å². The smallest absolute Gasteiger partial charge is 0.275 e. The number of rotatable bonds is 4. The van der Waals surface area contributed by atoms with Gasteiger partial charge in [-0.2, -0.15) is 9.61 Å². The second-order valence-electron chi connectivity index (χ2n) is 6.79. The topological polar surface area (TPSA) is 75.4 Å². The van der Waals surface area contributed by atoms with Crippen molar-refractivity contribution in [2.24, 2.45) is 0 Å². The van der Waals surface area contributed by atoms with E-state index in [9.17, 15) is 9.18 Å². The van der Waals surface area contributed by atoms with Gasteiger partial charge < -0.3 is 10.2 Å². The van der Waals surface area contributed by atoms with E-state index in [2.05, 4.69) is 25.3 Å². The largest absolute Gasteiger partial charge is 0.356 e. The van der Waals surface area contributed by atoms with E-state index in [1.54, 1.807) is 36.4 Å². The molecule has 4 aromatic rings. The zero-order valence-electron chi connectivity index (χ0n) is 15.4. The predicted molar refractivity (Wildman–Crippen MR) is 107 cm³/mol. The zero-order chi connectivity index (χ0) is 19.8. The first kappa shape index (κ1) is 17.3. The van der Waals surface area contributed by atoms with Gasteiger partial charge >= 0.3 is 0 Å². The van der Waals surface area contributed by atoms with Crippen molar-refractivity contribution in [1.29, 1.82) is 0 Å². The van der Waals surface area contributed by atoms with Gasteiger partial charge in [-0.15, -0.1) is 0 Å². The first-order chi connectivity index (χ1) is 14.2. The Hall–Kier alpha value is -3.81. The summed E-state index contributed by atoms with van der Waals surface area (Å²) in [4.78, 5) is 23.5. The first-order valence-electron chi connectivity index (χ1n) is 9.32. The average molecular weight is 388 g/mol. The second kappa shape index (κ2) is 6.97. The van der Waals surface area contributed by atoms with E-state index in [1.807, 2.05) is 12.1 Å². The average Bonchev–Trinajstić information content (AvgIpc) is 3.09. The van der Waals surface area contributed by atoms with Crippen LogP contribution < -0.4 is 10.2 Å². The number of fused-ring (bicyclic) bond motifs is 1. The minimum absolute atomic E-state index is 0.314. The molecule has 1 N–H and O–H groups in total. The summed E-state index contributed by atoms with van der Waals surface area (Å²) in [6.07, 6.45) is 2.65. The maximum atomic E-state index is 14.1. The van der Waals surface area contributed by atoms with Crippen LogP contribution in [0.15, 0.2) is 60.8 Å². The molecule has 1 saturated heterocycles. The van der Waals surface area contributed by atoms with E-state index in [4.69, 9.17) is 0 Å². The summed E-state index contributed by atoms with van der Waals surface area (Å²) in [5, 5.41) is 7.25. The van der Waals surface area contributed by atoms with Crippen LogP contribution in [-0.2, 0) is 0 Å². The number of nitrogens with zero attached hydrogens (tertiary/aromatic N) is 5. The van der Waals surface area contributed by atoms with Crippen molar-refractivity contribution < 1.29 is 9.18 Å². The second-order valence-corrected chi connectivity index (χ2v) is 6.79. The van der Waals surface area contributed by atoms with E-state index < -0.39 is 0 Å². The van der Waals surface area contributed by atoms with E-state index in [0.29, 0.717) is 28.4 Å². The van der Waals surface area contributed by atoms with Gasteiger partial charge in [0, 0.05) is 18.7 Å². The summed E-state index contributed by atoms with van der Waals surface area (Å²) < 4.78 is 15.6. The third kappa shape index (κ3) is 3.18. The fourth-order valence-corrected chi connectivity index (χ4v) is 3.22. The fourth-order valence-electron chi connectivity index (χ4n) is 3.22. The molecule has 0 unspecified atom stereocenters. The number of carbonyl (C=O) groups excluding carboxylic acids is 1. The van der Waals surface area contributed by atoms with Gasteiger partial charge in [-0.1, -0.05) is 18.2 Å². The third-order valence-corrected chi connectivity index (χ3v) is 4.90. The molecule has 1 fully saturated rings. The molecule has 3 aromatic heterocycles. The molecule has 4 heterocycles.